The summed E-state index contributed by atoms with van der Waals surface area (Å²) < 4.78 is 30.7. The average molecular weight is 381 g/mol. The van der Waals surface area contributed by atoms with Gasteiger partial charge in [-0.3, -0.25) is 4.79 Å². The number of carbonyl (C=O) groups excluding carboxylic acids is 1. The molecular weight excluding hydrogens is 352 g/mol. The van der Waals surface area contributed by atoms with E-state index < -0.39 is 10.0 Å². The Labute approximate surface area is 156 Å². The summed E-state index contributed by atoms with van der Waals surface area (Å²) >= 11 is 0. The van der Waals surface area contributed by atoms with Crippen LogP contribution in [0.4, 0.5) is 0 Å². The van der Waals surface area contributed by atoms with Gasteiger partial charge < -0.3 is 9.64 Å². The van der Waals surface area contributed by atoms with E-state index in [1.54, 1.807) is 14.0 Å². The molecular formula is C19H28N2O4S. The summed E-state index contributed by atoms with van der Waals surface area (Å²) in [7, 11) is -1.51. The van der Waals surface area contributed by atoms with Gasteiger partial charge in [0.15, 0.2) is 0 Å². The van der Waals surface area contributed by atoms with Crippen LogP contribution < -0.4 is 4.74 Å². The molecule has 6 nitrogen and oxygen atoms in total. The highest BCUT2D eigenvalue weighted by molar-refractivity contribution is 7.89. The summed E-state index contributed by atoms with van der Waals surface area (Å²) in [5.41, 5.74) is 1.14. The molecule has 3 rings (SSSR count). The van der Waals surface area contributed by atoms with Gasteiger partial charge >= 0.3 is 0 Å². The van der Waals surface area contributed by atoms with E-state index in [0.717, 1.165) is 30.7 Å². The van der Waals surface area contributed by atoms with E-state index in [1.807, 2.05) is 29.2 Å². The Bertz CT molecular complexity index is 724. The molecule has 26 heavy (non-hydrogen) atoms. The number of hydrogen-bond donors (Lipinski definition) is 0. The van der Waals surface area contributed by atoms with Crippen molar-refractivity contribution in [1.82, 2.24) is 9.21 Å². The molecule has 7 heteroatoms. The van der Waals surface area contributed by atoms with E-state index in [2.05, 4.69) is 0 Å². The first-order chi connectivity index (χ1) is 12.5. The van der Waals surface area contributed by atoms with Crippen molar-refractivity contribution in [2.75, 3.05) is 32.5 Å². The van der Waals surface area contributed by atoms with Crippen molar-refractivity contribution in [2.24, 2.45) is 5.92 Å². The Morgan fingerprint density at radius 2 is 1.77 bits per heavy atom. The lowest BCUT2D eigenvalue weighted by Crippen LogP contribution is -2.44. The maximum Gasteiger partial charge on any atom is 0.226 e. The zero-order chi connectivity index (χ0) is 18.7. The molecule has 2 aliphatic heterocycles. The van der Waals surface area contributed by atoms with Gasteiger partial charge in [0.25, 0.3) is 0 Å². The van der Waals surface area contributed by atoms with Gasteiger partial charge in [-0.15, -0.1) is 0 Å². The van der Waals surface area contributed by atoms with Crippen molar-refractivity contribution in [3.63, 3.8) is 0 Å². The molecule has 1 amide bonds. The molecule has 0 aromatic heterocycles. The molecule has 1 aromatic carbocycles. The normalized spacial score (nSPS) is 22.5. The van der Waals surface area contributed by atoms with E-state index in [1.165, 1.54) is 4.31 Å². The molecule has 0 bridgehead atoms. The number of ether oxygens (including phenoxy) is 1. The van der Waals surface area contributed by atoms with Crippen LogP contribution in [-0.4, -0.2) is 56.0 Å². The smallest absolute Gasteiger partial charge is 0.226 e. The predicted octanol–water partition coefficient (Wildman–Crippen LogP) is 2.42. The highest BCUT2D eigenvalue weighted by Gasteiger charge is 2.36. The van der Waals surface area contributed by atoms with Crippen molar-refractivity contribution in [2.45, 2.75) is 38.6 Å². The summed E-state index contributed by atoms with van der Waals surface area (Å²) in [6, 6.07) is 8.05. The summed E-state index contributed by atoms with van der Waals surface area (Å²) in [5.74, 6) is 1.04. The van der Waals surface area contributed by atoms with Crippen LogP contribution in [0, 0.1) is 5.92 Å². The number of methoxy groups -OCH3 is 1. The molecule has 2 heterocycles. The minimum absolute atomic E-state index is 0.0721. The zero-order valence-electron chi connectivity index (χ0n) is 15.6. The van der Waals surface area contributed by atoms with Crippen molar-refractivity contribution < 1.29 is 17.9 Å². The van der Waals surface area contributed by atoms with Crippen molar-refractivity contribution in [3.05, 3.63) is 29.8 Å². The summed E-state index contributed by atoms with van der Waals surface area (Å²) in [5, 5.41) is 0. The van der Waals surface area contributed by atoms with E-state index in [-0.39, 0.29) is 23.6 Å². The summed E-state index contributed by atoms with van der Waals surface area (Å²) in [4.78, 5) is 15.1. The summed E-state index contributed by atoms with van der Waals surface area (Å²) in [6.45, 7) is 3.35. The van der Waals surface area contributed by atoms with Gasteiger partial charge in [0, 0.05) is 25.6 Å². The number of likely N-dealkylation sites (tertiary alicyclic amines) is 1. The molecule has 0 N–H and O–H groups in total. The van der Waals surface area contributed by atoms with Crippen molar-refractivity contribution in [3.8, 4) is 5.75 Å². The number of sulfonamides is 1. The minimum atomic E-state index is -3.15. The fraction of sp³-hybridized carbons (Fsp3) is 0.632. The monoisotopic (exact) mass is 380 g/mol. The Balaban J connectivity index is 1.65. The second-order valence-electron chi connectivity index (χ2n) is 7.04. The van der Waals surface area contributed by atoms with Gasteiger partial charge in [-0.05, 0) is 50.3 Å². The van der Waals surface area contributed by atoms with Gasteiger partial charge in [-0.2, -0.15) is 0 Å². The maximum atomic E-state index is 13.1. The molecule has 0 aliphatic carbocycles. The minimum Gasteiger partial charge on any atom is -0.497 e. The lowest BCUT2D eigenvalue weighted by molar-refractivity contribution is -0.137. The fourth-order valence-electron chi connectivity index (χ4n) is 4.00. The number of rotatable bonds is 5. The third-order valence-electron chi connectivity index (χ3n) is 5.60. The largest absolute Gasteiger partial charge is 0.497 e. The van der Waals surface area contributed by atoms with Crippen LogP contribution in [0.2, 0.25) is 0 Å². The molecule has 0 unspecified atom stereocenters. The fourth-order valence-corrected chi connectivity index (χ4v) is 5.13. The number of benzene rings is 1. The number of piperidine rings is 1. The maximum absolute atomic E-state index is 13.1. The van der Waals surface area contributed by atoms with E-state index in [4.69, 9.17) is 4.74 Å². The van der Waals surface area contributed by atoms with Crippen LogP contribution in [0.15, 0.2) is 24.3 Å². The Morgan fingerprint density at radius 3 is 2.35 bits per heavy atom. The van der Waals surface area contributed by atoms with E-state index in [9.17, 15) is 13.2 Å². The number of carbonyl (C=O) groups is 1. The third-order valence-corrected chi connectivity index (χ3v) is 7.48. The van der Waals surface area contributed by atoms with Gasteiger partial charge in [0.1, 0.15) is 5.75 Å². The Kier molecular flexibility index (Phi) is 5.87. The molecule has 1 aromatic rings. The molecule has 2 aliphatic rings. The SMILES string of the molecule is CCS(=O)(=O)N1CCC(C(=O)N2CCC[C@H]2c2ccc(OC)cc2)CC1. The molecule has 0 spiro atoms. The van der Waals surface area contributed by atoms with Gasteiger partial charge in [-0.25, -0.2) is 12.7 Å². The lowest BCUT2D eigenvalue weighted by atomic mass is 9.95. The first-order valence-corrected chi connectivity index (χ1v) is 11.0. The second kappa shape index (κ2) is 7.96. The first kappa shape index (κ1) is 19.2. The highest BCUT2D eigenvalue weighted by atomic mass is 32.2. The molecule has 2 saturated heterocycles. The van der Waals surface area contributed by atoms with Crippen LogP contribution in [0.1, 0.15) is 44.2 Å². The van der Waals surface area contributed by atoms with E-state index in [0.29, 0.717) is 25.9 Å². The number of hydrogen-bond acceptors (Lipinski definition) is 4. The molecule has 0 radical (unpaired) electrons. The van der Waals surface area contributed by atoms with Crippen LogP contribution in [-0.2, 0) is 14.8 Å². The average Bonchev–Trinajstić information content (AvgIpc) is 3.17. The lowest BCUT2D eigenvalue weighted by Gasteiger charge is -2.34. The van der Waals surface area contributed by atoms with Gasteiger partial charge in [0.2, 0.25) is 15.9 Å². The first-order valence-electron chi connectivity index (χ1n) is 9.38. The number of amides is 1. The zero-order valence-corrected chi connectivity index (χ0v) is 16.4. The summed E-state index contributed by atoms with van der Waals surface area (Å²) in [6.07, 6.45) is 3.21. The Hall–Kier alpha value is -1.60. The van der Waals surface area contributed by atoms with Crippen LogP contribution in [0.25, 0.3) is 0 Å². The topological polar surface area (TPSA) is 66.9 Å². The van der Waals surface area contributed by atoms with Crippen LogP contribution in [0.5, 0.6) is 5.75 Å². The van der Waals surface area contributed by atoms with Crippen molar-refractivity contribution >= 4 is 15.9 Å². The quantitative estimate of drug-likeness (QED) is 0.787. The second-order valence-corrected chi connectivity index (χ2v) is 9.29. The van der Waals surface area contributed by atoms with Gasteiger partial charge in [-0.1, -0.05) is 12.1 Å². The van der Waals surface area contributed by atoms with E-state index >= 15 is 0 Å². The van der Waals surface area contributed by atoms with Crippen molar-refractivity contribution in [1.29, 1.82) is 0 Å². The number of nitrogens with zero attached hydrogens (tertiary/aromatic N) is 2. The van der Waals surface area contributed by atoms with Crippen LogP contribution >= 0.6 is 0 Å². The molecule has 0 saturated carbocycles. The molecule has 1 atom stereocenters. The molecule has 144 valence electrons. The van der Waals surface area contributed by atoms with Crippen LogP contribution in [0.3, 0.4) is 0 Å². The third kappa shape index (κ3) is 3.88. The predicted molar refractivity (Wildman–Crippen MR) is 100 cm³/mol. The Morgan fingerprint density at radius 1 is 1.12 bits per heavy atom. The van der Waals surface area contributed by atoms with Gasteiger partial charge in [0.05, 0.1) is 18.9 Å². The standard InChI is InChI=1S/C19H28N2O4S/c1-3-26(23,24)20-13-10-16(11-14-20)19(22)21-12-4-5-18(21)15-6-8-17(25-2)9-7-15/h6-9,16,18H,3-5,10-14H2,1-2H3/t18-/m0/s1. The molecule has 2 fully saturated rings. The highest BCUT2D eigenvalue weighted by Crippen LogP contribution is 2.35.